The van der Waals surface area contributed by atoms with Crippen LogP contribution in [-0.2, 0) is 4.79 Å². The third kappa shape index (κ3) is 2.59. The Balaban J connectivity index is 2.91. The summed E-state index contributed by atoms with van der Waals surface area (Å²) >= 11 is 0. The first-order chi connectivity index (χ1) is 7.45. The second-order valence-electron chi connectivity index (χ2n) is 3.36. The van der Waals surface area contributed by atoms with Crippen molar-refractivity contribution in [2.75, 3.05) is 13.1 Å². The highest BCUT2D eigenvalue weighted by atomic mass is 16.4. The molecule has 6 heteroatoms. The summed E-state index contributed by atoms with van der Waals surface area (Å²) in [7, 11) is 0. The number of nitrogens with zero attached hydrogens (tertiary/aromatic N) is 2. The molecular weight excluding hydrogens is 212 g/mol. The fourth-order valence-corrected chi connectivity index (χ4v) is 1.36. The molecule has 0 radical (unpaired) electrons. The fourth-order valence-electron chi connectivity index (χ4n) is 1.36. The van der Waals surface area contributed by atoms with Crippen molar-refractivity contribution in [2.45, 2.75) is 20.8 Å². The highest BCUT2D eigenvalue weighted by molar-refractivity contribution is 5.94. The van der Waals surface area contributed by atoms with E-state index in [2.05, 4.69) is 4.98 Å². The molecule has 6 nitrogen and oxygen atoms in total. The highest BCUT2D eigenvalue weighted by Crippen LogP contribution is 2.12. The zero-order valence-electron chi connectivity index (χ0n) is 9.48. The molecular formula is C10H14N2O4. The maximum Gasteiger partial charge on any atom is 0.323 e. The van der Waals surface area contributed by atoms with E-state index in [1.807, 2.05) is 0 Å². The summed E-state index contributed by atoms with van der Waals surface area (Å²) in [4.78, 5) is 27.6. The molecule has 1 heterocycles. The van der Waals surface area contributed by atoms with Gasteiger partial charge in [0.25, 0.3) is 5.91 Å². The Morgan fingerprint density at radius 2 is 2.06 bits per heavy atom. The summed E-state index contributed by atoms with van der Waals surface area (Å²) in [6, 6.07) is 0. The fraction of sp³-hybridized carbons (Fsp3) is 0.500. The number of oxazole rings is 1. The molecule has 0 aromatic carbocycles. The standard InChI is InChI=1S/C10H14N2O4/c1-4-12(5-8(13)14)10(15)9-6(2)11-7(3)16-9/h4-5H2,1-3H3,(H,13,14). The topological polar surface area (TPSA) is 83.6 Å². The molecule has 1 amide bonds. The maximum absolute atomic E-state index is 11.9. The van der Waals surface area contributed by atoms with Crippen molar-refractivity contribution >= 4 is 11.9 Å². The number of hydrogen-bond acceptors (Lipinski definition) is 4. The first kappa shape index (κ1) is 12.2. The molecule has 16 heavy (non-hydrogen) atoms. The predicted molar refractivity (Wildman–Crippen MR) is 55.2 cm³/mol. The summed E-state index contributed by atoms with van der Waals surface area (Å²) in [5, 5.41) is 8.65. The number of aryl methyl sites for hydroxylation is 2. The molecule has 0 atom stereocenters. The summed E-state index contributed by atoms with van der Waals surface area (Å²) in [5.74, 6) is -0.986. The number of rotatable bonds is 4. The molecule has 0 aliphatic rings. The van der Waals surface area contributed by atoms with Crippen molar-refractivity contribution in [2.24, 2.45) is 0 Å². The van der Waals surface area contributed by atoms with Crippen molar-refractivity contribution < 1.29 is 19.1 Å². The minimum Gasteiger partial charge on any atom is -0.480 e. The van der Waals surface area contributed by atoms with E-state index in [1.165, 1.54) is 4.90 Å². The van der Waals surface area contributed by atoms with Gasteiger partial charge in [-0.05, 0) is 13.8 Å². The monoisotopic (exact) mass is 226 g/mol. The van der Waals surface area contributed by atoms with Gasteiger partial charge in [-0.2, -0.15) is 0 Å². The van der Waals surface area contributed by atoms with Crippen LogP contribution in [-0.4, -0.2) is 40.0 Å². The second-order valence-corrected chi connectivity index (χ2v) is 3.36. The van der Waals surface area contributed by atoms with Gasteiger partial charge in [-0.15, -0.1) is 0 Å². The van der Waals surface area contributed by atoms with Gasteiger partial charge in [0, 0.05) is 13.5 Å². The van der Waals surface area contributed by atoms with Gasteiger partial charge in [0.2, 0.25) is 5.76 Å². The Labute approximate surface area is 92.9 Å². The largest absolute Gasteiger partial charge is 0.480 e. The minimum atomic E-state index is -1.05. The van der Waals surface area contributed by atoms with Gasteiger partial charge >= 0.3 is 5.97 Å². The molecule has 1 aromatic rings. The van der Waals surface area contributed by atoms with Crippen LogP contribution >= 0.6 is 0 Å². The lowest BCUT2D eigenvalue weighted by molar-refractivity contribution is -0.137. The van der Waals surface area contributed by atoms with Crippen molar-refractivity contribution in [1.82, 2.24) is 9.88 Å². The van der Waals surface area contributed by atoms with Gasteiger partial charge in [0.15, 0.2) is 5.89 Å². The van der Waals surface area contributed by atoms with Crippen molar-refractivity contribution in [3.8, 4) is 0 Å². The Morgan fingerprint density at radius 1 is 1.44 bits per heavy atom. The number of carboxylic acid groups (broad SMARTS) is 1. The van der Waals surface area contributed by atoms with Crippen LogP contribution in [0.1, 0.15) is 29.1 Å². The molecule has 1 N–H and O–H groups in total. The van der Waals surface area contributed by atoms with Crippen molar-refractivity contribution in [1.29, 1.82) is 0 Å². The van der Waals surface area contributed by atoms with Crippen LogP contribution in [0, 0.1) is 13.8 Å². The summed E-state index contributed by atoms with van der Waals surface area (Å²) in [6.45, 7) is 4.97. The predicted octanol–water partition coefficient (Wildman–Crippen LogP) is 0.838. The van der Waals surface area contributed by atoms with E-state index in [1.54, 1.807) is 20.8 Å². The Hall–Kier alpha value is -1.85. The lowest BCUT2D eigenvalue weighted by atomic mass is 10.3. The van der Waals surface area contributed by atoms with Crippen LogP contribution in [0.25, 0.3) is 0 Å². The Morgan fingerprint density at radius 3 is 2.44 bits per heavy atom. The molecule has 0 bridgehead atoms. The Kier molecular flexibility index (Phi) is 3.65. The number of carbonyl (C=O) groups excluding carboxylic acids is 1. The summed E-state index contributed by atoms with van der Waals surface area (Å²) < 4.78 is 5.15. The van der Waals surface area contributed by atoms with E-state index >= 15 is 0 Å². The molecule has 1 aromatic heterocycles. The van der Waals surface area contributed by atoms with Gasteiger partial charge in [-0.3, -0.25) is 9.59 Å². The van der Waals surface area contributed by atoms with Crippen LogP contribution in [0.3, 0.4) is 0 Å². The zero-order valence-corrected chi connectivity index (χ0v) is 9.48. The van der Waals surface area contributed by atoms with Gasteiger partial charge in [-0.1, -0.05) is 0 Å². The van der Waals surface area contributed by atoms with Gasteiger partial charge in [-0.25, -0.2) is 4.98 Å². The van der Waals surface area contributed by atoms with Gasteiger partial charge < -0.3 is 14.4 Å². The molecule has 0 fully saturated rings. The molecule has 0 saturated heterocycles. The van der Waals surface area contributed by atoms with Gasteiger partial charge in [0.1, 0.15) is 6.54 Å². The minimum absolute atomic E-state index is 0.112. The quantitative estimate of drug-likeness (QED) is 0.822. The number of hydrogen-bond donors (Lipinski definition) is 1. The van der Waals surface area contributed by atoms with Crippen LogP contribution in [0.2, 0.25) is 0 Å². The Bertz CT molecular complexity index is 411. The van der Waals surface area contributed by atoms with E-state index in [-0.39, 0.29) is 12.3 Å². The van der Waals surface area contributed by atoms with Crippen molar-refractivity contribution in [3.05, 3.63) is 17.3 Å². The van der Waals surface area contributed by atoms with Crippen LogP contribution in [0.4, 0.5) is 0 Å². The average molecular weight is 226 g/mol. The van der Waals surface area contributed by atoms with E-state index in [0.717, 1.165) is 0 Å². The van der Waals surface area contributed by atoms with Gasteiger partial charge in [0.05, 0.1) is 5.69 Å². The van der Waals surface area contributed by atoms with E-state index in [4.69, 9.17) is 9.52 Å². The molecule has 88 valence electrons. The van der Waals surface area contributed by atoms with Crippen LogP contribution in [0.5, 0.6) is 0 Å². The average Bonchev–Trinajstić information content (AvgIpc) is 2.53. The SMILES string of the molecule is CCN(CC(=O)O)C(=O)c1oc(C)nc1C. The first-order valence-corrected chi connectivity index (χ1v) is 4.90. The number of likely N-dealkylation sites (N-methyl/N-ethyl adjacent to an activating group) is 1. The number of carboxylic acids is 1. The third-order valence-corrected chi connectivity index (χ3v) is 2.09. The number of aromatic nitrogens is 1. The third-order valence-electron chi connectivity index (χ3n) is 2.09. The lowest BCUT2D eigenvalue weighted by Gasteiger charge is -2.16. The van der Waals surface area contributed by atoms with E-state index < -0.39 is 11.9 Å². The number of aliphatic carboxylic acids is 1. The lowest BCUT2D eigenvalue weighted by Crippen LogP contribution is -2.35. The zero-order chi connectivity index (χ0) is 12.3. The highest BCUT2D eigenvalue weighted by Gasteiger charge is 2.22. The normalized spacial score (nSPS) is 10.2. The first-order valence-electron chi connectivity index (χ1n) is 4.90. The van der Waals surface area contributed by atoms with E-state index in [9.17, 15) is 9.59 Å². The second kappa shape index (κ2) is 4.78. The molecule has 0 spiro atoms. The molecule has 1 rings (SSSR count). The van der Waals surface area contributed by atoms with E-state index in [0.29, 0.717) is 18.1 Å². The summed E-state index contributed by atoms with van der Waals surface area (Å²) in [5.41, 5.74) is 0.478. The summed E-state index contributed by atoms with van der Waals surface area (Å²) in [6.07, 6.45) is 0. The molecule has 0 aliphatic carbocycles. The molecule has 0 saturated carbocycles. The number of amides is 1. The van der Waals surface area contributed by atoms with Crippen LogP contribution in [0.15, 0.2) is 4.42 Å². The smallest absolute Gasteiger partial charge is 0.323 e. The van der Waals surface area contributed by atoms with Crippen molar-refractivity contribution in [3.63, 3.8) is 0 Å². The van der Waals surface area contributed by atoms with Crippen LogP contribution < -0.4 is 0 Å². The maximum atomic E-state index is 11.9. The number of carbonyl (C=O) groups is 2. The molecule has 0 aliphatic heterocycles. The molecule has 0 unspecified atom stereocenters.